The minimum absolute atomic E-state index is 0.0412. The molecule has 0 saturated heterocycles. The lowest BCUT2D eigenvalue weighted by atomic mass is 9.83. The lowest BCUT2D eigenvalue weighted by molar-refractivity contribution is -0.139. The first-order valence-corrected chi connectivity index (χ1v) is 14.4. The Morgan fingerprint density at radius 3 is 2.62 bits per heavy atom. The van der Waals surface area contributed by atoms with E-state index in [0.717, 1.165) is 53.8 Å². The van der Waals surface area contributed by atoms with Crippen molar-refractivity contribution < 1.29 is 14.3 Å². The number of carbonyl (C=O) groups is 1. The third-order valence-corrected chi connectivity index (χ3v) is 8.15. The molecule has 9 heteroatoms. The summed E-state index contributed by atoms with van der Waals surface area (Å²) in [6.07, 6.45) is 7.12. The molecule has 1 aromatic heterocycles. The third kappa shape index (κ3) is 5.79. The van der Waals surface area contributed by atoms with Gasteiger partial charge in [-0.3, -0.25) is 0 Å². The van der Waals surface area contributed by atoms with Crippen molar-refractivity contribution in [1.82, 2.24) is 4.98 Å². The smallest absolute Gasteiger partial charge is 0.338 e. The zero-order valence-corrected chi connectivity index (χ0v) is 22.5. The molecule has 2 heterocycles. The Balaban J connectivity index is 1.75. The molecule has 0 spiro atoms. The third-order valence-electron chi connectivity index (χ3n) is 6.42. The Hall–Kier alpha value is -3.40. The number of nitriles is 2. The van der Waals surface area contributed by atoms with E-state index in [0.29, 0.717) is 16.3 Å². The molecule has 1 aromatic carbocycles. The van der Waals surface area contributed by atoms with Gasteiger partial charge in [0.05, 0.1) is 29.4 Å². The molecule has 2 N–H and O–H groups in total. The molecule has 1 atom stereocenters. The maximum atomic E-state index is 13.2. The van der Waals surface area contributed by atoms with Gasteiger partial charge < -0.3 is 15.2 Å². The van der Waals surface area contributed by atoms with Crippen molar-refractivity contribution >= 4 is 29.5 Å². The average molecular weight is 533 g/mol. The van der Waals surface area contributed by atoms with Crippen LogP contribution in [-0.2, 0) is 27.1 Å². The van der Waals surface area contributed by atoms with Crippen LogP contribution in [0.2, 0.25) is 0 Å². The molecule has 0 amide bonds. The summed E-state index contributed by atoms with van der Waals surface area (Å²) in [6, 6.07) is 14.0. The van der Waals surface area contributed by atoms with Crippen molar-refractivity contribution in [1.29, 1.82) is 10.5 Å². The molecule has 2 aliphatic rings. The maximum absolute atomic E-state index is 13.2. The fourth-order valence-corrected chi connectivity index (χ4v) is 5.93. The number of allylic oxidation sites excluding steroid dienone is 1. The minimum Gasteiger partial charge on any atom is -0.463 e. The quantitative estimate of drug-likeness (QED) is 0.285. The zero-order chi connectivity index (χ0) is 26.4. The van der Waals surface area contributed by atoms with E-state index in [1.165, 1.54) is 11.8 Å². The number of fused-ring (bicyclic) bond motifs is 1. The molecule has 7 nitrogen and oxygen atoms in total. The Bertz CT molecular complexity index is 1340. The normalized spacial score (nSPS) is 17.2. The minimum atomic E-state index is -0.722. The number of nitrogens with zero attached hydrogens (tertiary/aromatic N) is 3. The van der Waals surface area contributed by atoms with Gasteiger partial charge in [-0.05, 0) is 68.2 Å². The number of ether oxygens (including phenoxy) is 2. The largest absolute Gasteiger partial charge is 0.463 e. The average Bonchev–Trinajstić information content (AvgIpc) is 3.15. The maximum Gasteiger partial charge on any atom is 0.338 e. The van der Waals surface area contributed by atoms with Gasteiger partial charge in [-0.1, -0.05) is 30.3 Å². The fraction of sp³-hybridized carbons (Fsp3) is 0.357. The second-order valence-electron chi connectivity index (χ2n) is 8.66. The number of rotatable bonds is 7. The van der Waals surface area contributed by atoms with E-state index in [-0.39, 0.29) is 29.4 Å². The first kappa shape index (κ1) is 26.7. The molecular weight excluding hydrogens is 504 g/mol. The Kier molecular flexibility index (Phi) is 8.81. The van der Waals surface area contributed by atoms with E-state index in [9.17, 15) is 15.3 Å². The molecule has 0 saturated carbocycles. The van der Waals surface area contributed by atoms with E-state index in [1.807, 2.05) is 36.6 Å². The Morgan fingerprint density at radius 1 is 1.19 bits per heavy atom. The second-order valence-corrected chi connectivity index (χ2v) is 10.5. The number of nitrogens with two attached hydrogens (primary N) is 1. The van der Waals surface area contributed by atoms with Crippen molar-refractivity contribution in [3.05, 3.63) is 75.5 Å². The number of hydrogen-bond acceptors (Lipinski definition) is 9. The van der Waals surface area contributed by atoms with Crippen LogP contribution < -0.4 is 5.73 Å². The number of pyridine rings is 1. The van der Waals surface area contributed by atoms with Gasteiger partial charge in [-0.15, -0.1) is 11.8 Å². The summed E-state index contributed by atoms with van der Waals surface area (Å²) in [4.78, 5) is 19.1. The summed E-state index contributed by atoms with van der Waals surface area (Å²) in [5.41, 5.74) is 10.0. The van der Waals surface area contributed by atoms with Crippen molar-refractivity contribution in [3.63, 3.8) is 0 Å². The van der Waals surface area contributed by atoms with Crippen LogP contribution in [-0.4, -0.2) is 29.6 Å². The fourth-order valence-electron chi connectivity index (χ4n) is 4.60. The molecule has 1 aliphatic carbocycles. The number of aryl methyl sites for hydroxylation is 2. The lowest BCUT2D eigenvalue weighted by Gasteiger charge is -2.28. The van der Waals surface area contributed by atoms with Crippen LogP contribution in [0.25, 0.3) is 0 Å². The second kappa shape index (κ2) is 12.2. The number of benzene rings is 1. The van der Waals surface area contributed by atoms with Crippen LogP contribution in [0.3, 0.4) is 0 Å². The van der Waals surface area contributed by atoms with E-state index >= 15 is 0 Å². The first-order chi connectivity index (χ1) is 18.0. The van der Waals surface area contributed by atoms with Crippen LogP contribution in [0.4, 0.5) is 0 Å². The highest BCUT2D eigenvalue weighted by Crippen LogP contribution is 2.41. The number of aromatic nitrogens is 1. The molecule has 190 valence electrons. The van der Waals surface area contributed by atoms with Crippen molar-refractivity contribution in [3.8, 4) is 12.1 Å². The zero-order valence-electron chi connectivity index (χ0n) is 20.9. The topological polar surface area (TPSA) is 122 Å². The van der Waals surface area contributed by atoms with Crippen LogP contribution in [0.1, 0.15) is 54.5 Å². The summed E-state index contributed by atoms with van der Waals surface area (Å²) in [5.74, 6) is -0.819. The molecule has 0 radical (unpaired) electrons. The molecule has 2 aromatic rings. The molecule has 0 unspecified atom stereocenters. The summed E-state index contributed by atoms with van der Waals surface area (Å²) >= 11 is 2.92. The lowest BCUT2D eigenvalue weighted by Crippen LogP contribution is -2.27. The SMILES string of the molecule is CCOC(=O)C1=C(CSc2nc3c(cc2C#N)CCCCC3)OC(N)=C(C#N)[C@H]1c1ccc(SC)cc1. The molecule has 0 fully saturated rings. The van der Waals surface area contributed by atoms with Gasteiger partial charge in [0.2, 0.25) is 5.88 Å². The highest BCUT2D eigenvalue weighted by Gasteiger charge is 2.37. The molecule has 37 heavy (non-hydrogen) atoms. The van der Waals surface area contributed by atoms with Crippen LogP contribution in [0, 0.1) is 22.7 Å². The standard InChI is InChI=1S/C28H28N4O3S2/c1-3-34-28(33)25-23(16-37-27-19(14-29)13-18-7-5-4-6-8-22(18)32-27)35-26(31)21(15-30)24(25)17-9-11-20(36-2)12-10-17/h9-13,24H,3-8,16,31H2,1-2H3/t24-/m1/s1. The van der Waals surface area contributed by atoms with E-state index in [4.69, 9.17) is 20.2 Å². The van der Waals surface area contributed by atoms with Gasteiger partial charge in [0.1, 0.15) is 28.5 Å². The summed E-state index contributed by atoms with van der Waals surface area (Å²) in [7, 11) is 0. The van der Waals surface area contributed by atoms with Gasteiger partial charge in [0.15, 0.2) is 0 Å². The van der Waals surface area contributed by atoms with E-state index < -0.39 is 11.9 Å². The molecule has 4 rings (SSSR count). The highest BCUT2D eigenvalue weighted by atomic mass is 32.2. The summed E-state index contributed by atoms with van der Waals surface area (Å²) in [5, 5.41) is 20.3. The van der Waals surface area contributed by atoms with E-state index in [1.54, 1.807) is 18.7 Å². The Labute approximate surface area is 225 Å². The Morgan fingerprint density at radius 2 is 1.95 bits per heavy atom. The number of esters is 1. The molecular formula is C28H28N4O3S2. The predicted molar refractivity (Wildman–Crippen MR) is 143 cm³/mol. The van der Waals surface area contributed by atoms with Crippen LogP contribution >= 0.6 is 23.5 Å². The van der Waals surface area contributed by atoms with Crippen molar-refractivity contribution in [2.45, 2.75) is 54.9 Å². The summed E-state index contributed by atoms with van der Waals surface area (Å²) < 4.78 is 11.3. The van der Waals surface area contributed by atoms with Crippen molar-refractivity contribution in [2.75, 3.05) is 18.6 Å². The van der Waals surface area contributed by atoms with Gasteiger partial charge >= 0.3 is 5.97 Å². The molecule has 1 aliphatic heterocycles. The van der Waals surface area contributed by atoms with Crippen LogP contribution in [0.15, 0.2) is 63.0 Å². The van der Waals surface area contributed by atoms with E-state index in [2.05, 4.69) is 12.1 Å². The van der Waals surface area contributed by atoms with Gasteiger partial charge in [-0.2, -0.15) is 10.5 Å². The van der Waals surface area contributed by atoms with Gasteiger partial charge in [0.25, 0.3) is 0 Å². The van der Waals surface area contributed by atoms with Gasteiger partial charge in [0, 0.05) is 10.6 Å². The highest BCUT2D eigenvalue weighted by molar-refractivity contribution is 7.99. The number of carbonyl (C=O) groups excluding carboxylic acids is 1. The monoisotopic (exact) mass is 532 g/mol. The van der Waals surface area contributed by atoms with Gasteiger partial charge in [-0.25, -0.2) is 9.78 Å². The first-order valence-electron chi connectivity index (χ1n) is 12.2. The van der Waals surface area contributed by atoms with Crippen LogP contribution in [0.5, 0.6) is 0 Å². The molecule has 0 bridgehead atoms. The number of hydrogen-bond donors (Lipinski definition) is 1. The summed E-state index contributed by atoms with van der Waals surface area (Å²) in [6.45, 7) is 1.90. The predicted octanol–water partition coefficient (Wildman–Crippen LogP) is 5.36. The number of thioether (sulfide) groups is 2. The van der Waals surface area contributed by atoms with Crippen molar-refractivity contribution in [2.24, 2.45) is 5.73 Å².